The second kappa shape index (κ2) is 8.33. The first-order chi connectivity index (χ1) is 14.5. The van der Waals surface area contributed by atoms with Crippen LogP contribution in [-0.4, -0.2) is 47.4 Å². The van der Waals surface area contributed by atoms with Gasteiger partial charge in [-0.1, -0.05) is 5.16 Å². The number of oxime groups is 1. The number of hydrogen-bond acceptors (Lipinski definition) is 10. The number of alkyl halides is 3. The number of rotatable bonds is 7. The summed E-state index contributed by atoms with van der Waals surface area (Å²) >= 11 is 0. The highest BCUT2D eigenvalue weighted by Crippen LogP contribution is 2.36. The third-order valence-corrected chi connectivity index (χ3v) is 4.61. The lowest BCUT2D eigenvalue weighted by molar-refractivity contribution is -0.139. The van der Waals surface area contributed by atoms with Crippen molar-refractivity contribution in [2.45, 2.75) is 12.6 Å². The van der Waals surface area contributed by atoms with Gasteiger partial charge in [-0.15, -0.1) is 0 Å². The van der Waals surface area contributed by atoms with Gasteiger partial charge in [-0.2, -0.15) is 21.6 Å². The predicted octanol–water partition coefficient (Wildman–Crippen LogP) is 1.79. The van der Waals surface area contributed by atoms with Gasteiger partial charge in [0.1, 0.15) is 5.82 Å². The molecule has 0 atom stereocenters. The van der Waals surface area contributed by atoms with E-state index in [0.717, 1.165) is 11.0 Å². The summed E-state index contributed by atoms with van der Waals surface area (Å²) in [5, 5.41) is 13.3. The zero-order chi connectivity index (χ0) is 22.8. The molecule has 1 aromatic carbocycles. The number of halogens is 4. The molecule has 0 fully saturated rings. The maximum absolute atomic E-state index is 13.6. The molecule has 166 valence electrons. The Labute approximate surface area is 170 Å². The van der Waals surface area contributed by atoms with E-state index in [2.05, 4.69) is 25.4 Å². The molecule has 11 nitrogen and oxygen atoms in total. The Morgan fingerprint density at radius 1 is 1.26 bits per heavy atom. The number of nitrogens with one attached hydrogen (secondary N) is 1. The molecule has 3 rings (SSSR count). The largest absolute Gasteiger partial charge is 0.419 e. The highest BCUT2D eigenvalue weighted by molar-refractivity contribution is 7.85. The minimum Gasteiger partial charge on any atom is -0.365 e. The Hall–Kier alpha value is -3.49. The Bertz CT molecular complexity index is 1170. The molecule has 1 aliphatic heterocycles. The fourth-order valence-corrected chi connectivity index (χ4v) is 3.01. The van der Waals surface area contributed by atoms with Gasteiger partial charge < -0.3 is 10.2 Å². The average Bonchev–Trinajstić information content (AvgIpc) is 3.30. The standard InChI is InChI=1S/C15H11F4N5O6S/c16-10-3-2-8(6-9(10)15(17,18)19)24-11(7-25)29-23-14(24)12-13(22-30-21-12)20-4-1-5-31(26,27)28/h2-3,6H,1,4-5H2,(H,20,22)(H,26,27,28). The summed E-state index contributed by atoms with van der Waals surface area (Å²) in [4.78, 5) is 16.7. The van der Waals surface area contributed by atoms with E-state index in [1.54, 1.807) is 0 Å². The molecule has 2 N–H and O–H groups in total. The smallest absolute Gasteiger partial charge is 0.365 e. The van der Waals surface area contributed by atoms with Gasteiger partial charge in [0.25, 0.3) is 10.1 Å². The molecule has 1 aromatic heterocycles. The van der Waals surface area contributed by atoms with Crippen LogP contribution >= 0.6 is 0 Å². The van der Waals surface area contributed by atoms with Crippen LogP contribution in [0.5, 0.6) is 0 Å². The first-order valence-electron chi connectivity index (χ1n) is 8.20. The lowest BCUT2D eigenvalue weighted by Gasteiger charge is -2.18. The normalized spacial score (nSPS) is 14.3. The quantitative estimate of drug-likeness (QED) is 0.268. The molecule has 0 bridgehead atoms. The summed E-state index contributed by atoms with van der Waals surface area (Å²) in [6, 6.07) is 1.93. The van der Waals surface area contributed by atoms with Gasteiger partial charge in [-0.25, -0.2) is 18.7 Å². The topological polar surface area (TPSA) is 147 Å². The van der Waals surface area contributed by atoms with Crippen molar-refractivity contribution in [3.05, 3.63) is 41.2 Å². The summed E-state index contributed by atoms with van der Waals surface area (Å²) in [6.45, 7) is -0.0275. The van der Waals surface area contributed by atoms with Crippen molar-refractivity contribution >= 4 is 33.4 Å². The van der Waals surface area contributed by atoms with Gasteiger partial charge in [0, 0.05) is 6.54 Å². The van der Waals surface area contributed by atoms with Gasteiger partial charge in [-0.05, 0) is 34.9 Å². The Balaban J connectivity index is 1.91. The highest BCUT2D eigenvalue weighted by Gasteiger charge is 2.38. The first kappa shape index (κ1) is 22.2. The van der Waals surface area contributed by atoms with Gasteiger partial charge in [0.2, 0.25) is 11.7 Å². The molecule has 0 spiro atoms. The predicted molar refractivity (Wildman–Crippen MR) is 94.5 cm³/mol. The maximum atomic E-state index is 13.6. The lowest BCUT2D eigenvalue weighted by Crippen LogP contribution is -2.28. The molecular weight excluding hydrogens is 454 g/mol. The monoisotopic (exact) mass is 465 g/mol. The van der Waals surface area contributed by atoms with Gasteiger partial charge in [0.05, 0.1) is 17.0 Å². The van der Waals surface area contributed by atoms with Crippen molar-refractivity contribution in [3.8, 4) is 0 Å². The van der Waals surface area contributed by atoms with Crippen molar-refractivity contribution < 1.29 is 44.8 Å². The molecule has 2 heterocycles. The third-order valence-electron chi connectivity index (χ3n) is 3.81. The van der Waals surface area contributed by atoms with Crippen LogP contribution in [0, 0.1) is 5.82 Å². The minimum absolute atomic E-state index is 0.0275. The van der Waals surface area contributed by atoms with Crippen molar-refractivity contribution in [1.82, 2.24) is 10.3 Å². The summed E-state index contributed by atoms with van der Waals surface area (Å²) in [5.41, 5.74) is -2.15. The molecular formula is C15H11F4N5O6S. The molecule has 1 aliphatic rings. The minimum atomic E-state index is -5.02. The molecule has 0 unspecified atom stereocenters. The molecule has 0 saturated heterocycles. The summed E-state index contributed by atoms with van der Waals surface area (Å²) < 4.78 is 87.7. The number of hydrogen-bond donors (Lipinski definition) is 2. The SMILES string of the molecule is O=C=C1ON=C(c2nonc2NCCCS(=O)(=O)O)N1c1ccc(F)c(C(F)(F)F)c1. The fraction of sp³-hybridized carbons (Fsp3) is 0.267. The highest BCUT2D eigenvalue weighted by atomic mass is 32.2. The van der Waals surface area contributed by atoms with E-state index in [4.69, 9.17) is 9.39 Å². The van der Waals surface area contributed by atoms with Gasteiger partial charge >= 0.3 is 12.1 Å². The summed E-state index contributed by atoms with van der Waals surface area (Å²) in [6.07, 6.45) is -5.05. The molecule has 2 aromatic rings. The summed E-state index contributed by atoms with van der Waals surface area (Å²) in [5.74, 6) is -1.84. The van der Waals surface area contributed by atoms with E-state index in [1.165, 1.54) is 5.94 Å². The van der Waals surface area contributed by atoms with Crippen molar-refractivity contribution in [2.75, 3.05) is 22.5 Å². The van der Waals surface area contributed by atoms with Crippen LogP contribution in [0.25, 0.3) is 0 Å². The number of nitrogens with zero attached hydrogens (tertiary/aromatic N) is 4. The zero-order valence-corrected chi connectivity index (χ0v) is 15.9. The first-order valence-corrected chi connectivity index (χ1v) is 9.81. The maximum Gasteiger partial charge on any atom is 0.419 e. The molecule has 0 saturated carbocycles. The molecule has 31 heavy (non-hydrogen) atoms. The van der Waals surface area contributed by atoms with Crippen LogP contribution in [0.15, 0.2) is 33.9 Å². The fourth-order valence-electron chi connectivity index (χ4n) is 2.50. The molecule has 0 aliphatic carbocycles. The van der Waals surface area contributed by atoms with Crippen LogP contribution in [0.3, 0.4) is 0 Å². The van der Waals surface area contributed by atoms with E-state index in [1.807, 2.05) is 0 Å². The van der Waals surface area contributed by atoms with Crippen LogP contribution in [0.4, 0.5) is 29.1 Å². The van der Waals surface area contributed by atoms with Crippen molar-refractivity contribution in [2.24, 2.45) is 5.16 Å². The Morgan fingerprint density at radius 2 is 2.00 bits per heavy atom. The second-order valence-corrected chi connectivity index (χ2v) is 7.51. The molecule has 0 amide bonds. The number of anilines is 2. The van der Waals surface area contributed by atoms with Gasteiger partial charge in [0.15, 0.2) is 11.6 Å². The number of benzene rings is 1. The van der Waals surface area contributed by atoms with E-state index in [-0.39, 0.29) is 36.0 Å². The van der Waals surface area contributed by atoms with E-state index in [0.29, 0.717) is 12.1 Å². The zero-order valence-electron chi connectivity index (χ0n) is 15.1. The third kappa shape index (κ3) is 4.99. The lowest BCUT2D eigenvalue weighted by atomic mass is 10.1. The van der Waals surface area contributed by atoms with E-state index in [9.17, 15) is 30.8 Å². The number of aromatic nitrogens is 2. The summed E-state index contributed by atoms with van der Waals surface area (Å²) in [7, 11) is -4.19. The van der Waals surface area contributed by atoms with E-state index >= 15 is 0 Å². The average molecular weight is 465 g/mol. The van der Waals surface area contributed by atoms with Crippen LogP contribution in [-0.2, 0) is 25.9 Å². The number of carbonyl (C=O) groups excluding carboxylic acids is 1. The molecule has 0 radical (unpaired) electrons. The Kier molecular flexibility index (Phi) is 5.97. The van der Waals surface area contributed by atoms with Crippen molar-refractivity contribution in [3.63, 3.8) is 0 Å². The van der Waals surface area contributed by atoms with Gasteiger partial charge in [-0.3, -0.25) is 4.55 Å². The van der Waals surface area contributed by atoms with Crippen molar-refractivity contribution in [1.29, 1.82) is 0 Å². The van der Waals surface area contributed by atoms with Crippen LogP contribution in [0.1, 0.15) is 17.7 Å². The number of amidine groups is 1. The van der Waals surface area contributed by atoms with E-state index < -0.39 is 39.3 Å². The Morgan fingerprint density at radius 3 is 2.65 bits per heavy atom. The van der Waals surface area contributed by atoms with Crippen LogP contribution in [0.2, 0.25) is 0 Å². The van der Waals surface area contributed by atoms with Crippen LogP contribution < -0.4 is 10.2 Å². The second-order valence-electron chi connectivity index (χ2n) is 5.94. The molecule has 16 heteroatoms.